The molecule has 0 saturated heterocycles. The summed E-state index contributed by atoms with van der Waals surface area (Å²) in [7, 11) is 0. The van der Waals surface area contributed by atoms with Crippen LogP contribution in [0.25, 0.3) is 90.4 Å². The van der Waals surface area contributed by atoms with Crippen molar-refractivity contribution in [3.05, 3.63) is 194 Å². The van der Waals surface area contributed by atoms with E-state index in [0.29, 0.717) is 5.95 Å². The zero-order valence-electron chi connectivity index (χ0n) is 31.1. The minimum Gasteiger partial charge on any atom is -0.308 e. The van der Waals surface area contributed by atoms with Crippen molar-refractivity contribution in [2.24, 2.45) is 0 Å². The second kappa shape index (κ2) is 13.2. The standard InChI is InChI=1S/C52H32N4S2/c1-3-11-33(12-4-1)35-19-23-37(24-20-35)55(38-25-21-36(22-26-38)34-13-5-2-6-14-34)39-31-53-52(54-32-39)56-43-29-30-47-48(42-16-8-10-18-46(42)57-47)49(43)50-44(56)28-27-41-40-15-7-9-17-45(40)58-51(41)50/h1-32H. The van der Waals surface area contributed by atoms with Crippen molar-refractivity contribution in [2.75, 3.05) is 4.90 Å². The van der Waals surface area contributed by atoms with Gasteiger partial charge in [-0.05, 0) is 76.9 Å². The largest absolute Gasteiger partial charge is 0.308 e. The van der Waals surface area contributed by atoms with Gasteiger partial charge in [-0.15, -0.1) is 22.7 Å². The van der Waals surface area contributed by atoms with Crippen LogP contribution in [0.2, 0.25) is 0 Å². The normalized spacial score (nSPS) is 11.8. The summed E-state index contributed by atoms with van der Waals surface area (Å²) in [6.07, 6.45) is 3.93. The Bertz CT molecular complexity index is 3390. The summed E-state index contributed by atoms with van der Waals surface area (Å²) in [5.74, 6) is 0.641. The molecule has 0 saturated carbocycles. The van der Waals surface area contributed by atoms with Gasteiger partial charge in [-0.25, -0.2) is 9.97 Å². The van der Waals surface area contributed by atoms with Gasteiger partial charge in [0.2, 0.25) is 5.95 Å². The van der Waals surface area contributed by atoms with Gasteiger partial charge in [-0.3, -0.25) is 4.57 Å². The lowest BCUT2D eigenvalue weighted by molar-refractivity contribution is 0.983. The van der Waals surface area contributed by atoms with E-state index < -0.39 is 0 Å². The minimum atomic E-state index is 0.641. The Kier molecular flexibility index (Phi) is 7.55. The third kappa shape index (κ3) is 5.19. The maximum atomic E-state index is 5.19. The van der Waals surface area contributed by atoms with Crippen LogP contribution in [-0.4, -0.2) is 14.5 Å². The number of fused-ring (bicyclic) bond motifs is 11. The quantitative estimate of drug-likeness (QED) is 0.169. The first-order valence-corrected chi connectivity index (χ1v) is 21.0. The Balaban J connectivity index is 1.04. The average molecular weight is 777 g/mol. The molecule has 0 spiro atoms. The molecule has 0 radical (unpaired) electrons. The lowest BCUT2D eigenvalue weighted by atomic mass is 10.0. The van der Waals surface area contributed by atoms with Crippen molar-refractivity contribution in [1.29, 1.82) is 0 Å². The number of anilines is 3. The minimum absolute atomic E-state index is 0.641. The van der Waals surface area contributed by atoms with Crippen molar-refractivity contribution in [1.82, 2.24) is 14.5 Å². The lowest BCUT2D eigenvalue weighted by Crippen LogP contribution is -2.11. The fraction of sp³-hybridized carbons (Fsp3) is 0. The van der Waals surface area contributed by atoms with Crippen LogP contribution in [0.3, 0.4) is 0 Å². The van der Waals surface area contributed by atoms with Crippen molar-refractivity contribution < 1.29 is 0 Å². The maximum Gasteiger partial charge on any atom is 0.234 e. The third-order valence-electron chi connectivity index (χ3n) is 11.3. The number of rotatable bonds is 6. The van der Waals surface area contributed by atoms with Gasteiger partial charge in [-0.1, -0.05) is 127 Å². The molecule has 0 bridgehead atoms. The van der Waals surface area contributed by atoms with E-state index in [4.69, 9.17) is 9.97 Å². The summed E-state index contributed by atoms with van der Waals surface area (Å²) >= 11 is 3.73. The Hall–Kier alpha value is -7.12. The van der Waals surface area contributed by atoms with Gasteiger partial charge in [0.05, 0.1) is 29.1 Å². The fourth-order valence-corrected chi connectivity index (χ4v) is 11.0. The summed E-state index contributed by atoms with van der Waals surface area (Å²) < 4.78 is 7.43. The predicted octanol–water partition coefficient (Wildman–Crippen LogP) is 15.1. The van der Waals surface area contributed by atoms with Crippen molar-refractivity contribution in [3.63, 3.8) is 0 Å². The summed E-state index contributed by atoms with van der Waals surface area (Å²) in [4.78, 5) is 12.6. The highest BCUT2D eigenvalue weighted by Crippen LogP contribution is 2.48. The molecular weight excluding hydrogens is 745 g/mol. The monoisotopic (exact) mass is 776 g/mol. The van der Waals surface area contributed by atoms with Crippen LogP contribution in [0.15, 0.2) is 194 Å². The molecule has 0 amide bonds. The number of nitrogens with zero attached hydrogens (tertiary/aromatic N) is 4. The molecule has 0 atom stereocenters. The highest BCUT2D eigenvalue weighted by atomic mass is 32.1. The molecular formula is C52H32N4S2. The van der Waals surface area contributed by atoms with Gasteiger partial charge >= 0.3 is 0 Å². The molecule has 58 heavy (non-hydrogen) atoms. The molecule has 0 aliphatic rings. The van der Waals surface area contributed by atoms with Gasteiger partial charge in [-0.2, -0.15) is 0 Å². The molecule has 8 aromatic carbocycles. The summed E-state index contributed by atoms with van der Waals surface area (Å²) in [6.45, 7) is 0. The molecule has 0 N–H and O–H groups in total. The Morgan fingerprint density at radius 3 is 1.52 bits per heavy atom. The molecule has 0 aliphatic heterocycles. The van der Waals surface area contributed by atoms with Crippen LogP contribution in [-0.2, 0) is 0 Å². The predicted molar refractivity (Wildman–Crippen MR) is 248 cm³/mol. The zero-order valence-corrected chi connectivity index (χ0v) is 32.7. The van der Waals surface area contributed by atoms with E-state index >= 15 is 0 Å². The molecule has 272 valence electrons. The van der Waals surface area contributed by atoms with Crippen LogP contribution in [0.4, 0.5) is 17.1 Å². The van der Waals surface area contributed by atoms with Gasteiger partial charge < -0.3 is 4.90 Å². The van der Waals surface area contributed by atoms with E-state index in [2.05, 4.69) is 191 Å². The SMILES string of the molecule is c1ccc(-c2ccc(N(c3ccc(-c4ccccc4)cc3)c3cnc(-n4c5ccc6c7ccccc7sc6c5c5c6c(ccc54)sc4ccccc46)nc3)cc2)cc1. The molecule has 0 aliphatic carbocycles. The average Bonchev–Trinajstić information content (AvgIpc) is 3.97. The molecule has 0 fully saturated rings. The molecule has 6 heteroatoms. The van der Waals surface area contributed by atoms with E-state index in [1.165, 1.54) is 73.4 Å². The van der Waals surface area contributed by atoms with Gasteiger partial charge in [0, 0.05) is 62.5 Å². The van der Waals surface area contributed by atoms with E-state index in [0.717, 1.165) is 28.1 Å². The highest BCUT2D eigenvalue weighted by molar-refractivity contribution is 7.27. The second-order valence-electron chi connectivity index (χ2n) is 14.6. The number of thiophene rings is 2. The van der Waals surface area contributed by atoms with Crippen molar-refractivity contribution >= 4 is 102 Å². The fourth-order valence-electron chi connectivity index (χ4n) is 8.66. The topological polar surface area (TPSA) is 34.0 Å². The number of aromatic nitrogens is 3. The van der Waals surface area contributed by atoms with Crippen molar-refractivity contribution in [3.8, 4) is 28.2 Å². The van der Waals surface area contributed by atoms with Crippen molar-refractivity contribution in [2.45, 2.75) is 0 Å². The van der Waals surface area contributed by atoms with E-state index in [1.807, 2.05) is 35.1 Å². The third-order valence-corrected chi connectivity index (χ3v) is 13.7. The Labute approximate surface area is 342 Å². The Morgan fingerprint density at radius 1 is 0.362 bits per heavy atom. The molecule has 12 rings (SSSR count). The van der Waals surface area contributed by atoms with Crippen LogP contribution in [0.1, 0.15) is 0 Å². The number of hydrogen-bond acceptors (Lipinski definition) is 5. The molecule has 4 nitrogen and oxygen atoms in total. The van der Waals surface area contributed by atoms with E-state index in [9.17, 15) is 0 Å². The number of benzene rings is 8. The van der Waals surface area contributed by atoms with Gasteiger partial charge in [0.1, 0.15) is 0 Å². The van der Waals surface area contributed by atoms with Crippen LogP contribution < -0.4 is 4.90 Å². The first-order valence-electron chi connectivity index (χ1n) is 19.4. The number of hydrogen-bond donors (Lipinski definition) is 0. The van der Waals surface area contributed by atoms with Crippen LogP contribution >= 0.6 is 22.7 Å². The van der Waals surface area contributed by atoms with Gasteiger partial charge in [0.25, 0.3) is 0 Å². The first-order chi connectivity index (χ1) is 28.8. The van der Waals surface area contributed by atoms with E-state index in [-0.39, 0.29) is 0 Å². The highest BCUT2D eigenvalue weighted by Gasteiger charge is 2.23. The Morgan fingerprint density at radius 2 is 0.879 bits per heavy atom. The second-order valence-corrected chi connectivity index (χ2v) is 16.7. The smallest absolute Gasteiger partial charge is 0.234 e. The maximum absolute atomic E-state index is 5.19. The van der Waals surface area contributed by atoms with Crippen LogP contribution in [0, 0.1) is 0 Å². The molecule has 4 aromatic heterocycles. The molecule has 12 aromatic rings. The molecule has 4 heterocycles. The van der Waals surface area contributed by atoms with Crippen LogP contribution in [0.5, 0.6) is 0 Å². The van der Waals surface area contributed by atoms with Gasteiger partial charge in [0.15, 0.2) is 0 Å². The summed E-state index contributed by atoms with van der Waals surface area (Å²) in [5.41, 5.74) is 9.85. The summed E-state index contributed by atoms with van der Waals surface area (Å²) in [5, 5.41) is 7.68. The zero-order chi connectivity index (χ0) is 38.2. The summed E-state index contributed by atoms with van der Waals surface area (Å²) in [6, 6.07) is 65.1. The molecule has 0 unspecified atom stereocenters. The van der Waals surface area contributed by atoms with E-state index in [1.54, 1.807) is 0 Å². The first kappa shape index (κ1) is 33.1. The lowest BCUT2D eigenvalue weighted by Gasteiger charge is -2.25.